The Morgan fingerprint density at radius 2 is 1.86 bits per heavy atom. The minimum absolute atomic E-state index is 0.116. The van der Waals surface area contributed by atoms with Gasteiger partial charge in [0.25, 0.3) is 15.7 Å². The van der Waals surface area contributed by atoms with Crippen LogP contribution in [0.5, 0.6) is 0 Å². The van der Waals surface area contributed by atoms with Gasteiger partial charge in [-0.2, -0.15) is 0 Å². The van der Waals surface area contributed by atoms with Gasteiger partial charge in [0.15, 0.2) is 0 Å². The van der Waals surface area contributed by atoms with Gasteiger partial charge in [0.05, 0.1) is 15.5 Å². The van der Waals surface area contributed by atoms with Crippen LogP contribution < -0.4 is 4.31 Å². The summed E-state index contributed by atoms with van der Waals surface area (Å²) < 4.78 is 26.8. The molecule has 1 aliphatic heterocycles. The molecule has 3 rings (SSSR count). The summed E-state index contributed by atoms with van der Waals surface area (Å²) in [7, 11) is -3.72. The fourth-order valence-electron chi connectivity index (χ4n) is 2.26. The van der Waals surface area contributed by atoms with Crippen LogP contribution >= 0.6 is 11.8 Å². The van der Waals surface area contributed by atoms with Crippen molar-refractivity contribution >= 4 is 33.2 Å². The van der Waals surface area contributed by atoms with Crippen molar-refractivity contribution in [2.75, 3.05) is 16.6 Å². The molecule has 22 heavy (non-hydrogen) atoms. The van der Waals surface area contributed by atoms with Crippen molar-refractivity contribution in [1.29, 1.82) is 0 Å². The van der Waals surface area contributed by atoms with Crippen molar-refractivity contribution < 1.29 is 13.3 Å². The van der Waals surface area contributed by atoms with Gasteiger partial charge in [0.1, 0.15) is 0 Å². The largest absolute Gasteiger partial charge is 0.271 e. The molecule has 0 aromatic heterocycles. The van der Waals surface area contributed by atoms with E-state index in [9.17, 15) is 18.5 Å². The third kappa shape index (κ3) is 2.55. The zero-order valence-corrected chi connectivity index (χ0v) is 13.0. The van der Waals surface area contributed by atoms with Gasteiger partial charge in [0, 0.05) is 29.3 Å². The maximum Gasteiger partial charge on any atom is 0.271 e. The molecule has 0 atom stereocenters. The van der Waals surface area contributed by atoms with E-state index in [4.69, 9.17) is 0 Å². The number of rotatable bonds is 3. The van der Waals surface area contributed by atoms with E-state index >= 15 is 0 Å². The fraction of sp³-hybridized carbons (Fsp3) is 0.143. The van der Waals surface area contributed by atoms with Gasteiger partial charge in [-0.15, -0.1) is 11.8 Å². The zero-order chi connectivity index (χ0) is 15.7. The normalized spacial score (nSPS) is 14.5. The van der Waals surface area contributed by atoms with Crippen LogP contribution in [0.3, 0.4) is 0 Å². The average molecular weight is 336 g/mol. The molecule has 0 saturated heterocycles. The molecule has 0 bridgehead atoms. The molecule has 1 aliphatic rings. The van der Waals surface area contributed by atoms with Crippen LogP contribution in [-0.2, 0) is 10.0 Å². The lowest BCUT2D eigenvalue weighted by molar-refractivity contribution is -0.384. The smallest absolute Gasteiger partial charge is 0.264 e. The molecule has 2 aromatic carbocycles. The van der Waals surface area contributed by atoms with Crippen LogP contribution in [0, 0.1) is 10.1 Å². The van der Waals surface area contributed by atoms with E-state index in [0.717, 1.165) is 4.90 Å². The van der Waals surface area contributed by atoms with Crippen molar-refractivity contribution in [3.63, 3.8) is 0 Å². The highest BCUT2D eigenvalue weighted by atomic mass is 32.2. The molecule has 8 heteroatoms. The maximum absolute atomic E-state index is 12.8. The molecular weight excluding hydrogens is 324 g/mol. The first-order valence-electron chi connectivity index (χ1n) is 6.49. The predicted octanol–water partition coefficient (Wildman–Crippen LogP) is 2.90. The first-order valence-corrected chi connectivity index (χ1v) is 8.92. The summed E-state index contributed by atoms with van der Waals surface area (Å²) in [5, 5.41) is 10.9. The molecule has 0 spiro atoms. The van der Waals surface area contributed by atoms with Gasteiger partial charge in [-0.25, -0.2) is 8.42 Å². The van der Waals surface area contributed by atoms with Gasteiger partial charge in [-0.3, -0.25) is 14.4 Å². The summed E-state index contributed by atoms with van der Waals surface area (Å²) in [4.78, 5) is 11.3. The van der Waals surface area contributed by atoms with Crippen molar-refractivity contribution in [3.05, 3.63) is 58.6 Å². The van der Waals surface area contributed by atoms with Crippen LogP contribution in [0.1, 0.15) is 0 Å². The number of sulfonamides is 1. The molecule has 0 fully saturated rings. The second-order valence-electron chi connectivity index (χ2n) is 4.65. The number of anilines is 1. The number of thioether (sulfide) groups is 1. The van der Waals surface area contributed by atoms with E-state index in [1.54, 1.807) is 24.3 Å². The maximum atomic E-state index is 12.8. The highest BCUT2D eigenvalue weighted by Gasteiger charge is 2.30. The standard InChI is InChI=1S/C14H12N2O4S2/c17-16(18)11-6-7-14-13(10-11)15(8-9-21-14)22(19,20)12-4-2-1-3-5-12/h1-7,10H,8-9H2. The van der Waals surface area contributed by atoms with Gasteiger partial charge in [-0.05, 0) is 18.2 Å². The lowest BCUT2D eigenvalue weighted by atomic mass is 10.2. The Morgan fingerprint density at radius 1 is 1.14 bits per heavy atom. The summed E-state index contributed by atoms with van der Waals surface area (Å²) >= 11 is 1.50. The molecule has 6 nitrogen and oxygen atoms in total. The second kappa shape index (κ2) is 5.62. The summed E-state index contributed by atoms with van der Waals surface area (Å²) in [6, 6.07) is 12.4. The van der Waals surface area contributed by atoms with Crippen LogP contribution in [0.15, 0.2) is 58.3 Å². The molecule has 0 amide bonds. The lowest BCUT2D eigenvalue weighted by Crippen LogP contribution is -2.35. The minimum Gasteiger partial charge on any atom is -0.264 e. The van der Waals surface area contributed by atoms with E-state index in [1.807, 2.05) is 0 Å². The zero-order valence-electron chi connectivity index (χ0n) is 11.4. The van der Waals surface area contributed by atoms with Crippen LogP contribution in [0.25, 0.3) is 0 Å². The molecule has 2 aromatic rings. The highest BCUT2D eigenvalue weighted by Crippen LogP contribution is 2.39. The van der Waals surface area contributed by atoms with Crippen molar-refractivity contribution in [3.8, 4) is 0 Å². The summed E-state index contributed by atoms with van der Waals surface area (Å²) in [6.45, 7) is 0.288. The number of hydrogen-bond donors (Lipinski definition) is 0. The van der Waals surface area contributed by atoms with E-state index in [2.05, 4.69) is 0 Å². The number of nitro benzene ring substituents is 1. The van der Waals surface area contributed by atoms with Gasteiger partial charge in [-0.1, -0.05) is 18.2 Å². The molecule has 0 unspecified atom stereocenters. The van der Waals surface area contributed by atoms with Crippen molar-refractivity contribution in [2.24, 2.45) is 0 Å². The summed E-state index contributed by atoms with van der Waals surface area (Å²) in [6.07, 6.45) is 0. The molecule has 0 aliphatic carbocycles. The SMILES string of the molecule is O=[N+]([O-])c1ccc2c(c1)N(S(=O)(=O)c1ccccc1)CCS2. The van der Waals surface area contributed by atoms with Crippen LogP contribution in [0.4, 0.5) is 11.4 Å². The number of nitrogens with zero attached hydrogens (tertiary/aromatic N) is 2. The monoisotopic (exact) mass is 336 g/mol. The minimum atomic E-state index is -3.72. The second-order valence-corrected chi connectivity index (χ2v) is 7.65. The van der Waals surface area contributed by atoms with Crippen molar-refractivity contribution in [1.82, 2.24) is 0 Å². The Kier molecular flexibility index (Phi) is 3.79. The molecule has 1 heterocycles. The molecule has 0 N–H and O–H groups in total. The molecule has 114 valence electrons. The van der Waals surface area contributed by atoms with Crippen molar-refractivity contribution in [2.45, 2.75) is 9.79 Å². The Labute approximate surface area is 132 Å². The average Bonchev–Trinajstić information content (AvgIpc) is 2.54. The number of nitro groups is 1. The lowest BCUT2D eigenvalue weighted by Gasteiger charge is -2.29. The molecule has 0 saturated carbocycles. The quantitative estimate of drug-likeness (QED) is 0.636. The number of hydrogen-bond acceptors (Lipinski definition) is 5. The van der Waals surface area contributed by atoms with Crippen LogP contribution in [0.2, 0.25) is 0 Å². The third-order valence-corrected chi connectivity index (χ3v) is 6.18. The van der Waals surface area contributed by atoms with Gasteiger partial charge >= 0.3 is 0 Å². The highest BCUT2D eigenvalue weighted by molar-refractivity contribution is 8.00. The van der Waals surface area contributed by atoms with Crippen LogP contribution in [-0.4, -0.2) is 25.6 Å². The van der Waals surface area contributed by atoms with E-state index in [-0.39, 0.29) is 17.1 Å². The van der Waals surface area contributed by atoms with E-state index in [0.29, 0.717) is 11.4 Å². The Hall–Kier alpha value is -2.06. The van der Waals surface area contributed by atoms with E-state index < -0.39 is 14.9 Å². The third-order valence-electron chi connectivity index (χ3n) is 3.31. The number of non-ortho nitro benzene ring substituents is 1. The number of fused-ring (bicyclic) bond motifs is 1. The number of benzene rings is 2. The Morgan fingerprint density at radius 3 is 2.55 bits per heavy atom. The van der Waals surface area contributed by atoms with Gasteiger partial charge in [0.2, 0.25) is 0 Å². The van der Waals surface area contributed by atoms with Gasteiger partial charge < -0.3 is 0 Å². The summed E-state index contributed by atoms with van der Waals surface area (Å²) in [5.41, 5.74) is 0.254. The molecular formula is C14H12N2O4S2. The fourth-order valence-corrected chi connectivity index (χ4v) is 4.91. The first kappa shape index (κ1) is 14.9. The topological polar surface area (TPSA) is 80.5 Å². The first-order chi connectivity index (χ1) is 10.5. The summed E-state index contributed by atoms with van der Waals surface area (Å²) in [5.74, 6) is 0.608. The predicted molar refractivity (Wildman–Crippen MR) is 84.8 cm³/mol. The van der Waals surface area contributed by atoms with E-state index in [1.165, 1.54) is 40.3 Å². The Bertz CT molecular complexity index is 822. The Balaban J connectivity index is 2.12. The molecule has 0 radical (unpaired) electrons.